The Morgan fingerprint density at radius 1 is 1.10 bits per heavy atom. The molecule has 0 fully saturated rings. The summed E-state index contributed by atoms with van der Waals surface area (Å²) in [6, 6.07) is 9.90. The number of allylic oxidation sites excluding steroid dienone is 1. The number of anilines is 2. The minimum Gasteiger partial charge on any atom is -0.326 e. The molecule has 0 saturated heterocycles. The summed E-state index contributed by atoms with van der Waals surface area (Å²) >= 11 is 6.00. The van der Waals surface area contributed by atoms with Gasteiger partial charge in [0.2, 0.25) is 5.91 Å². The molecule has 0 spiro atoms. The first-order chi connectivity index (χ1) is 13.8. The number of nitro benzene ring substituents is 2. The highest BCUT2D eigenvalue weighted by Crippen LogP contribution is 2.28. The van der Waals surface area contributed by atoms with Gasteiger partial charge in [-0.1, -0.05) is 11.6 Å². The molecule has 0 aromatic heterocycles. The molecule has 3 N–H and O–H groups in total. The van der Waals surface area contributed by atoms with E-state index in [0.29, 0.717) is 11.4 Å². The van der Waals surface area contributed by atoms with Crippen LogP contribution < -0.4 is 16.2 Å². The Kier molecular flexibility index (Phi) is 7.20. The number of hydrazine groups is 1. The molecule has 0 heterocycles. The highest BCUT2D eigenvalue weighted by molar-refractivity contribution is 6.39. The molecule has 0 aliphatic carbocycles. The lowest BCUT2D eigenvalue weighted by atomic mass is 10.2. The summed E-state index contributed by atoms with van der Waals surface area (Å²) in [5, 5.41) is 24.6. The molecule has 0 aliphatic rings. The van der Waals surface area contributed by atoms with Gasteiger partial charge in [0.25, 0.3) is 5.69 Å². The van der Waals surface area contributed by atoms with Crippen LogP contribution >= 0.6 is 11.6 Å². The van der Waals surface area contributed by atoms with Crippen LogP contribution in [0, 0.1) is 20.2 Å². The third-order valence-electron chi connectivity index (χ3n) is 3.33. The summed E-state index contributed by atoms with van der Waals surface area (Å²) in [4.78, 5) is 35.4. The zero-order valence-corrected chi connectivity index (χ0v) is 15.7. The van der Waals surface area contributed by atoms with Gasteiger partial charge in [-0.05, 0) is 30.3 Å². The number of nitrogens with zero attached hydrogens (tertiary/aromatic N) is 3. The minimum absolute atomic E-state index is 0.0202. The van der Waals surface area contributed by atoms with Gasteiger partial charge >= 0.3 is 5.69 Å². The van der Waals surface area contributed by atoms with Crippen LogP contribution in [0.1, 0.15) is 6.92 Å². The normalized spacial score (nSPS) is 11.2. The average Bonchev–Trinajstić information content (AvgIpc) is 2.67. The third kappa shape index (κ3) is 6.59. The lowest BCUT2D eigenvalue weighted by Gasteiger charge is -2.06. The van der Waals surface area contributed by atoms with E-state index < -0.39 is 21.2 Å². The molecule has 0 atom stereocenters. The summed E-state index contributed by atoms with van der Waals surface area (Å²) < 4.78 is 0. The van der Waals surface area contributed by atoms with E-state index in [1.807, 2.05) is 0 Å². The monoisotopic (exact) mass is 418 g/mol. The van der Waals surface area contributed by atoms with Crippen LogP contribution in [0.5, 0.6) is 0 Å². The molecule has 12 heteroatoms. The molecule has 2 aromatic rings. The van der Waals surface area contributed by atoms with E-state index in [4.69, 9.17) is 11.6 Å². The Hall–Kier alpha value is -3.99. The highest BCUT2D eigenvalue weighted by atomic mass is 35.5. The maximum Gasteiger partial charge on any atom is 0.300 e. The van der Waals surface area contributed by atoms with Crippen LogP contribution in [0.15, 0.2) is 58.7 Å². The van der Waals surface area contributed by atoms with Crippen LogP contribution in [-0.2, 0) is 4.79 Å². The van der Waals surface area contributed by atoms with E-state index in [1.165, 1.54) is 25.4 Å². The van der Waals surface area contributed by atoms with E-state index in [9.17, 15) is 25.0 Å². The number of hydrogen-bond donors (Lipinski definition) is 3. The van der Waals surface area contributed by atoms with E-state index in [0.717, 1.165) is 12.1 Å². The molecule has 0 bridgehead atoms. The molecule has 150 valence electrons. The minimum atomic E-state index is -0.742. The molecule has 0 saturated carbocycles. The zero-order chi connectivity index (χ0) is 21.4. The third-order valence-corrected chi connectivity index (χ3v) is 3.54. The largest absolute Gasteiger partial charge is 0.326 e. The second kappa shape index (κ2) is 9.80. The Bertz CT molecular complexity index is 990. The number of amides is 1. The van der Waals surface area contributed by atoms with Crippen molar-refractivity contribution in [3.8, 4) is 0 Å². The van der Waals surface area contributed by atoms with Crippen molar-refractivity contribution in [2.24, 2.45) is 4.99 Å². The van der Waals surface area contributed by atoms with Crippen molar-refractivity contribution >= 4 is 52.2 Å². The maximum absolute atomic E-state index is 11.1. The van der Waals surface area contributed by atoms with Gasteiger partial charge in [0, 0.05) is 31.1 Å². The fraction of sp³-hybridized carbons (Fsp3) is 0.0588. The number of aliphatic imine (C=N–C) groups is 1. The Morgan fingerprint density at radius 2 is 1.79 bits per heavy atom. The lowest BCUT2D eigenvalue weighted by molar-refractivity contribution is -0.393. The zero-order valence-electron chi connectivity index (χ0n) is 15.0. The van der Waals surface area contributed by atoms with Crippen molar-refractivity contribution in [1.82, 2.24) is 5.43 Å². The first-order valence-corrected chi connectivity index (χ1v) is 8.36. The number of carbonyl (C=O) groups excluding carboxylic acids is 1. The fourth-order valence-corrected chi connectivity index (χ4v) is 2.18. The smallest absolute Gasteiger partial charge is 0.300 e. The fourth-order valence-electron chi connectivity index (χ4n) is 2.08. The summed E-state index contributed by atoms with van der Waals surface area (Å²) in [5.74, 6) is -0.181. The highest BCUT2D eigenvalue weighted by Gasteiger charge is 2.19. The molecule has 2 rings (SSSR count). The Balaban J connectivity index is 1.99. The molecule has 2 aromatic carbocycles. The van der Waals surface area contributed by atoms with Crippen molar-refractivity contribution in [3.63, 3.8) is 0 Å². The molecule has 11 nitrogen and oxygen atoms in total. The molecule has 1 amide bonds. The summed E-state index contributed by atoms with van der Waals surface area (Å²) in [6.45, 7) is 1.41. The molecule has 0 radical (unpaired) electrons. The van der Waals surface area contributed by atoms with Gasteiger partial charge in [-0.3, -0.25) is 35.4 Å². The van der Waals surface area contributed by atoms with Crippen molar-refractivity contribution in [1.29, 1.82) is 0 Å². The van der Waals surface area contributed by atoms with Gasteiger partial charge in [-0.2, -0.15) is 0 Å². The first kappa shape index (κ1) is 21.3. The number of nitro groups is 2. The predicted octanol–water partition coefficient (Wildman–Crippen LogP) is 3.86. The standard InChI is InChI=1S/C17H15ClN6O5/c1-11(25)21-14-4-2-13(3-5-14)19-9-12(18)10-20-22-16-7-6-15(23(26)27)8-17(16)24(28)29/h2-10,20,22H,1H3,(H,21,25). The van der Waals surface area contributed by atoms with Crippen molar-refractivity contribution in [2.75, 3.05) is 10.7 Å². The van der Waals surface area contributed by atoms with Crippen LogP contribution in [0.2, 0.25) is 0 Å². The second-order valence-corrected chi connectivity index (χ2v) is 5.94. The quantitative estimate of drug-likeness (QED) is 0.334. The average molecular weight is 419 g/mol. The van der Waals surface area contributed by atoms with Crippen molar-refractivity contribution in [2.45, 2.75) is 6.92 Å². The van der Waals surface area contributed by atoms with Gasteiger partial charge < -0.3 is 10.7 Å². The summed E-state index contributed by atoms with van der Waals surface area (Å²) in [5.41, 5.74) is 5.47. The van der Waals surface area contributed by atoms with E-state index in [1.54, 1.807) is 24.3 Å². The summed E-state index contributed by atoms with van der Waals surface area (Å²) in [6.07, 6.45) is 2.63. The molecule has 0 unspecified atom stereocenters. The van der Waals surface area contributed by atoms with Gasteiger partial charge in [0.15, 0.2) is 0 Å². The van der Waals surface area contributed by atoms with Crippen LogP contribution in [0.3, 0.4) is 0 Å². The van der Waals surface area contributed by atoms with E-state index >= 15 is 0 Å². The topological polar surface area (TPSA) is 152 Å². The van der Waals surface area contributed by atoms with Gasteiger partial charge in [0.05, 0.1) is 26.6 Å². The van der Waals surface area contributed by atoms with Crippen molar-refractivity contribution in [3.05, 3.63) is 73.9 Å². The number of carbonyl (C=O) groups is 1. The number of halogens is 1. The van der Waals surface area contributed by atoms with Gasteiger partial charge in [-0.15, -0.1) is 0 Å². The van der Waals surface area contributed by atoms with Crippen LogP contribution in [-0.4, -0.2) is 22.0 Å². The van der Waals surface area contributed by atoms with Crippen LogP contribution in [0.4, 0.5) is 28.4 Å². The lowest BCUT2D eigenvalue weighted by Crippen LogP contribution is -2.16. The Morgan fingerprint density at radius 3 is 2.38 bits per heavy atom. The number of benzene rings is 2. The number of rotatable bonds is 8. The maximum atomic E-state index is 11.1. The van der Waals surface area contributed by atoms with E-state index in [2.05, 4.69) is 21.2 Å². The molecular formula is C17H15ClN6O5. The first-order valence-electron chi connectivity index (χ1n) is 7.98. The number of non-ortho nitro benzene ring substituents is 1. The number of nitrogens with one attached hydrogen (secondary N) is 3. The second-order valence-electron chi connectivity index (χ2n) is 5.50. The van der Waals surface area contributed by atoms with E-state index in [-0.39, 0.29) is 16.6 Å². The molecule has 29 heavy (non-hydrogen) atoms. The number of hydrogen-bond acceptors (Lipinski definition) is 8. The molecular weight excluding hydrogens is 404 g/mol. The van der Waals surface area contributed by atoms with Crippen molar-refractivity contribution < 1.29 is 14.6 Å². The molecule has 0 aliphatic heterocycles. The van der Waals surface area contributed by atoms with Gasteiger partial charge in [-0.25, -0.2) is 0 Å². The summed E-state index contributed by atoms with van der Waals surface area (Å²) in [7, 11) is 0. The SMILES string of the molecule is CC(=O)Nc1ccc(N=CC(Cl)=CNNc2ccc([N+](=O)[O-])cc2[N+](=O)[O-])cc1. The predicted molar refractivity (Wildman–Crippen MR) is 109 cm³/mol. The van der Waals surface area contributed by atoms with Crippen LogP contribution in [0.25, 0.3) is 0 Å². The Labute approximate surface area is 169 Å². The van der Waals surface area contributed by atoms with Gasteiger partial charge in [0.1, 0.15) is 5.69 Å².